The highest BCUT2D eigenvalue weighted by atomic mass is 35.5. The zero-order valence-electron chi connectivity index (χ0n) is 8.05. The van der Waals surface area contributed by atoms with Crippen LogP contribution in [0.4, 0.5) is 0 Å². The van der Waals surface area contributed by atoms with Crippen LogP contribution >= 0.6 is 11.6 Å². The predicted molar refractivity (Wildman–Crippen MR) is 55.9 cm³/mol. The van der Waals surface area contributed by atoms with Crippen LogP contribution < -0.4 is 0 Å². The van der Waals surface area contributed by atoms with E-state index < -0.39 is 9.84 Å². The summed E-state index contributed by atoms with van der Waals surface area (Å²) in [7, 11) is -2.78. The van der Waals surface area contributed by atoms with Gasteiger partial charge in [0.2, 0.25) is 0 Å². The molecule has 1 fully saturated rings. The zero-order chi connectivity index (χ0) is 9.95. The molecule has 0 aromatic rings. The van der Waals surface area contributed by atoms with Crippen molar-refractivity contribution in [2.24, 2.45) is 5.41 Å². The smallest absolute Gasteiger partial charge is 0.147 e. The maximum atomic E-state index is 10.9. The van der Waals surface area contributed by atoms with E-state index in [1.54, 1.807) is 0 Å². The zero-order valence-corrected chi connectivity index (χ0v) is 9.62. The van der Waals surface area contributed by atoms with Gasteiger partial charge in [-0.3, -0.25) is 0 Å². The summed E-state index contributed by atoms with van der Waals surface area (Å²) < 4.78 is 21.8. The van der Waals surface area contributed by atoms with Crippen molar-refractivity contribution in [1.82, 2.24) is 0 Å². The summed E-state index contributed by atoms with van der Waals surface area (Å²) in [5.41, 5.74) is 0.284. The number of sulfone groups is 1. The summed E-state index contributed by atoms with van der Waals surface area (Å²) in [6.07, 6.45) is 6.66. The van der Waals surface area contributed by atoms with Crippen molar-refractivity contribution in [2.75, 3.05) is 17.9 Å². The summed E-state index contributed by atoms with van der Waals surface area (Å²) in [6, 6.07) is 0. The van der Waals surface area contributed by atoms with Crippen LogP contribution in [0.3, 0.4) is 0 Å². The number of hydrogen-bond donors (Lipinski definition) is 0. The first-order valence-corrected chi connectivity index (χ1v) is 7.31. The van der Waals surface area contributed by atoms with Gasteiger partial charge >= 0.3 is 0 Å². The maximum Gasteiger partial charge on any atom is 0.147 e. The van der Waals surface area contributed by atoms with E-state index in [0.29, 0.717) is 11.6 Å². The fourth-order valence-corrected chi connectivity index (χ4v) is 2.91. The molecular weight excluding hydrogens is 208 g/mol. The van der Waals surface area contributed by atoms with Crippen molar-refractivity contribution < 1.29 is 8.42 Å². The third kappa shape index (κ3) is 3.47. The van der Waals surface area contributed by atoms with E-state index >= 15 is 0 Å². The van der Waals surface area contributed by atoms with Crippen molar-refractivity contribution in [1.29, 1.82) is 0 Å². The quantitative estimate of drug-likeness (QED) is 0.672. The molecule has 1 rings (SSSR count). The molecule has 1 aliphatic rings. The van der Waals surface area contributed by atoms with Crippen molar-refractivity contribution in [3.8, 4) is 0 Å². The molecule has 0 unspecified atom stereocenters. The Morgan fingerprint density at radius 3 is 2.31 bits per heavy atom. The Hall–Kier alpha value is 0.240. The minimum atomic E-state index is -2.78. The number of hydrogen-bond acceptors (Lipinski definition) is 2. The van der Waals surface area contributed by atoms with Gasteiger partial charge < -0.3 is 0 Å². The molecule has 0 atom stereocenters. The molecular formula is C9H17ClO2S. The largest absolute Gasteiger partial charge is 0.229 e. The topological polar surface area (TPSA) is 34.1 Å². The first kappa shape index (κ1) is 11.3. The first-order valence-electron chi connectivity index (χ1n) is 4.71. The van der Waals surface area contributed by atoms with Crippen LogP contribution in [0.1, 0.15) is 32.1 Å². The molecule has 0 aromatic carbocycles. The molecule has 0 radical (unpaired) electrons. The molecule has 2 nitrogen and oxygen atoms in total. The summed E-state index contributed by atoms with van der Waals surface area (Å²) in [5.74, 6) is 1.00. The van der Waals surface area contributed by atoms with E-state index in [4.69, 9.17) is 11.6 Å². The molecule has 0 amide bonds. The minimum absolute atomic E-state index is 0.284. The summed E-state index contributed by atoms with van der Waals surface area (Å²) in [6.45, 7) is 0. The second-order valence-corrected chi connectivity index (χ2v) is 6.75. The monoisotopic (exact) mass is 224 g/mol. The molecule has 0 saturated heterocycles. The summed E-state index contributed by atoms with van der Waals surface area (Å²) in [4.78, 5) is 0. The fourth-order valence-electron chi connectivity index (χ4n) is 1.84. The Kier molecular flexibility index (Phi) is 3.64. The van der Waals surface area contributed by atoms with Gasteiger partial charge in [-0.05, 0) is 31.1 Å². The molecule has 4 heteroatoms. The lowest BCUT2D eigenvalue weighted by Gasteiger charge is -2.40. The van der Waals surface area contributed by atoms with Crippen LogP contribution in [0.2, 0.25) is 0 Å². The highest BCUT2D eigenvalue weighted by Crippen LogP contribution is 2.45. The molecule has 0 spiro atoms. The van der Waals surface area contributed by atoms with Gasteiger partial charge in [0.05, 0.1) is 0 Å². The Labute approximate surface area is 85.6 Å². The van der Waals surface area contributed by atoms with E-state index in [9.17, 15) is 8.42 Å². The summed E-state index contributed by atoms with van der Waals surface area (Å²) in [5, 5.41) is 0. The lowest BCUT2D eigenvalue weighted by atomic mass is 9.68. The fraction of sp³-hybridized carbons (Fsp3) is 1.00. The van der Waals surface area contributed by atoms with Crippen LogP contribution in [-0.2, 0) is 9.84 Å². The number of alkyl halides is 1. The van der Waals surface area contributed by atoms with Gasteiger partial charge in [-0.2, -0.15) is 0 Å². The average Bonchev–Trinajstić information content (AvgIpc) is 1.92. The van der Waals surface area contributed by atoms with E-state index in [-0.39, 0.29) is 5.41 Å². The molecule has 0 N–H and O–H groups in total. The molecule has 0 heterocycles. The van der Waals surface area contributed by atoms with Gasteiger partial charge in [-0.1, -0.05) is 6.42 Å². The molecule has 0 aliphatic heterocycles. The molecule has 78 valence electrons. The first-order chi connectivity index (χ1) is 5.97. The molecule has 13 heavy (non-hydrogen) atoms. The van der Waals surface area contributed by atoms with Crippen molar-refractivity contribution >= 4 is 21.4 Å². The number of halogens is 1. The summed E-state index contributed by atoms with van der Waals surface area (Å²) >= 11 is 5.86. The lowest BCUT2D eigenvalue weighted by molar-refractivity contribution is 0.150. The normalized spacial score (nSPS) is 21.1. The van der Waals surface area contributed by atoms with E-state index in [1.165, 1.54) is 25.5 Å². The molecule has 0 aromatic heterocycles. The van der Waals surface area contributed by atoms with Gasteiger partial charge in [-0.25, -0.2) is 8.42 Å². The van der Waals surface area contributed by atoms with Crippen LogP contribution in [0, 0.1) is 5.41 Å². The lowest BCUT2D eigenvalue weighted by Crippen LogP contribution is -2.31. The van der Waals surface area contributed by atoms with Crippen LogP contribution in [-0.4, -0.2) is 26.3 Å². The highest BCUT2D eigenvalue weighted by molar-refractivity contribution is 7.90. The Morgan fingerprint density at radius 2 is 2.00 bits per heavy atom. The standard InChI is InChI=1S/C9H17ClO2S/c1-13(11,12)7-3-6-9(8-10)4-2-5-9/h2-8H2,1H3. The van der Waals surface area contributed by atoms with Gasteiger partial charge in [0.1, 0.15) is 9.84 Å². The Bertz CT molecular complexity index is 249. The molecule has 0 bridgehead atoms. The van der Waals surface area contributed by atoms with Gasteiger partial charge in [0.25, 0.3) is 0 Å². The van der Waals surface area contributed by atoms with Crippen LogP contribution in [0.15, 0.2) is 0 Å². The third-order valence-corrected chi connectivity index (χ3v) is 4.52. The second-order valence-electron chi connectivity index (χ2n) is 4.22. The van der Waals surface area contributed by atoms with Crippen molar-refractivity contribution in [2.45, 2.75) is 32.1 Å². The third-order valence-electron chi connectivity index (χ3n) is 2.92. The average molecular weight is 225 g/mol. The Balaban J connectivity index is 2.26. The van der Waals surface area contributed by atoms with Crippen molar-refractivity contribution in [3.05, 3.63) is 0 Å². The van der Waals surface area contributed by atoms with Crippen LogP contribution in [0.5, 0.6) is 0 Å². The van der Waals surface area contributed by atoms with E-state index in [2.05, 4.69) is 0 Å². The Morgan fingerprint density at radius 1 is 1.38 bits per heavy atom. The predicted octanol–water partition coefficient (Wildman–Crippen LogP) is 2.22. The number of rotatable bonds is 5. The van der Waals surface area contributed by atoms with Gasteiger partial charge in [0, 0.05) is 17.9 Å². The highest BCUT2D eigenvalue weighted by Gasteiger charge is 2.35. The second kappa shape index (κ2) is 4.18. The van der Waals surface area contributed by atoms with Gasteiger partial charge in [-0.15, -0.1) is 11.6 Å². The van der Waals surface area contributed by atoms with Gasteiger partial charge in [0.15, 0.2) is 0 Å². The van der Waals surface area contributed by atoms with Crippen LogP contribution in [0.25, 0.3) is 0 Å². The molecule has 1 aliphatic carbocycles. The minimum Gasteiger partial charge on any atom is -0.229 e. The van der Waals surface area contributed by atoms with E-state index in [0.717, 1.165) is 12.8 Å². The molecule has 1 saturated carbocycles. The maximum absolute atomic E-state index is 10.9. The van der Waals surface area contributed by atoms with Crippen molar-refractivity contribution in [3.63, 3.8) is 0 Å². The SMILES string of the molecule is CS(=O)(=O)CCCC1(CCl)CCC1. The van der Waals surface area contributed by atoms with E-state index in [1.807, 2.05) is 0 Å².